The number of hydrogen-bond acceptors (Lipinski definition) is 2. The van der Waals surface area contributed by atoms with Crippen LogP contribution >= 0.6 is 0 Å². The summed E-state index contributed by atoms with van der Waals surface area (Å²) in [6.07, 6.45) is 2.11. The van der Waals surface area contributed by atoms with E-state index in [4.69, 9.17) is 4.98 Å². The zero-order valence-electron chi connectivity index (χ0n) is 15.2. The zero-order valence-corrected chi connectivity index (χ0v) is 15.2. The summed E-state index contributed by atoms with van der Waals surface area (Å²) in [5, 5.41) is 0. The molecule has 3 rings (SSSR count). The number of imidazole rings is 1. The van der Waals surface area contributed by atoms with Crippen LogP contribution in [0.4, 0.5) is 0 Å². The molecule has 1 heterocycles. The molecule has 0 saturated heterocycles. The number of unbranched alkanes of at least 4 members (excludes halogenated alkanes) is 1. The molecule has 0 aliphatic rings. The van der Waals surface area contributed by atoms with Crippen LogP contribution in [0, 0.1) is 6.92 Å². The quantitative estimate of drug-likeness (QED) is 0.675. The summed E-state index contributed by atoms with van der Waals surface area (Å²) in [6.45, 7) is 5.31. The molecule has 0 atom stereocenters. The number of likely N-dealkylation sites (N-methyl/N-ethyl adjacent to an activating group) is 1. The summed E-state index contributed by atoms with van der Waals surface area (Å²) in [6, 6.07) is 16.3. The Morgan fingerprint density at radius 3 is 2.56 bits per heavy atom. The Kier molecular flexibility index (Phi) is 5.17. The fourth-order valence-electron chi connectivity index (χ4n) is 2.93. The van der Waals surface area contributed by atoms with Gasteiger partial charge in [0.05, 0.1) is 11.0 Å². The number of aromatic nitrogens is 2. The predicted octanol–water partition coefficient (Wildman–Crippen LogP) is 4.27. The molecule has 3 aromatic rings. The number of nitrogens with zero attached hydrogens (tertiary/aromatic N) is 3. The summed E-state index contributed by atoms with van der Waals surface area (Å²) in [5.74, 6) is 0.961. The topological polar surface area (TPSA) is 38.1 Å². The van der Waals surface area contributed by atoms with Crippen LogP contribution in [0.1, 0.15) is 25.3 Å². The van der Waals surface area contributed by atoms with Crippen molar-refractivity contribution >= 4 is 16.9 Å². The van der Waals surface area contributed by atoms with E-state index in [2.05, 4.69) is 38.1 Å². The molecule has 4 nitrogen and oxygen atoms in total. The monoisotopic (exact) mass is 335 g/mol. The van der Waals surface area contributed by atoms with E-state index in [1.165, 1.54) is 5.56 Å². The molecule has 2 aromatic carbocycles. The van der Waals surface area contributed by atoms with E-state index >= 15 is 0 Å². The van der Waals surface area contributed by atoms with Crippen molar-refractivity contribution in [2.45, 2.75) is 33.2 Å². The van der Waals surface area contributed by atoms with Crippen LogP contribution in [0.2, 0.25) is 0 Å². The molecule has 0 N–H and O–H groups in total. The second-order valence-electron chi connectivity index (χ2n) is 6.55. The van der Waals surface area contributed by atoms with Gasteiger partial charge in [-0.2, -0.15) is 0 Å². The highest BCUT2D eigenvalue weighted by molar-refractivity contribution is 5.84. The van der Waals surface area contributed by atoms with E-state index in [0.29, 0.717) is 6.54 Å². The molecule has 0 bridgehead atoms. The smallest absolute Gasteiger partial charge is 0.242 e. The summed E-state index contributed by atoms with van der Waals surface area (Å²) >= 11 is 0. The normalized spacial score (nSPS) is 11.0. The highest BCUT2D eigenvalue weighted by Gasteiger charge is 2.17. The first-order chi connectivity index (χ1) is 12.1. The van der Waals surface area contributed by atoms with Gasteiger partial charge in [0.25, 0.3) is 0 Å². The third kappa shape index (κ3) is 3.73. The van der Waals surface area contributed by atoms with Crippen molar-refractivity contribution in [1.82, 2.24) is 14.5 Å². The Morgan fingerprint density at radius 1 is 1.12 bits per heavy atom. The van der Waals surface area contributed by atoms with Gasteiger partial charge in [0.1, 0.15) is 12.4 Å². The molecule has 130 valence electrons. The van der Waals surface area contributed by atoms with Crippen LogP contribution in [0.15, 0.2) is 48.5 Å². The minimum Gasteiger partial charge on any atom is -0.344 e. The first-order valence-electron chi connectivity index (χ1n) is 8.86. The lowest BCUT2D eigenvalue weighted by atomic mass is 10.1. The molecule has 0 unspecified atom stereocenters. The van der Waals surface area contributed by atoms with Crippen LogP contribution in [0.5, 0.6) is 0 Å². The van der Waals surface area contributed by atoms with Crippen LogP contribution in [-0.4, -0.2) is 34.0 Å². The van der Waals surface area contributed by atoms with Crippen molar-refractivity contribution in [2.75, 3.05) is 13.6 Å². The maximum absolute atomic E-state index is 12.7. The molecule has 0 aliphatic heterocycles. The molecule has 0 radical (unpaired) electrons. The number of rotatable bonds is 6. The minimum absolute atomic E-state index is 0.116. The molecule has 1 aromatic heterocycles. The summed E-state index contributed by atoms with van der Waals surface area (Å²) in [7, 11) is 1.88. The molecule has 0 spiro atoms. The molecule has 25 heavy (non-hydrogen) atoms. The Labute approximate surface area is 149 Å². The molecule has 0 aliphatic carbocycles. The van der Waals surface area contributed by atoms with Gasteiger partial charge in [-0.25, -0.2) is 4.98 Å². The SMILES string of the molecule is CCCCN(C)C(=O)Cn1c(-c2ccc(C)cc2)nc2ccccc21. The highest BCUT2D eigenvalue weighted by atomic mass is 16.2. The average molecular weight is 335 g/mol. The van der Waals surface area contributed by atoms with Gasteiger partial charge in [-0.1, -0.05) is 55.3 Å². The summed E-state index contributed by atoms with van der Waals surface area (Å²) in [5.41, 5.74) is 4.16. The largest absolute Gasteiger partial charge is 0.344 e. The average Bonchev–Trinajstić information content (AvgIpc) is 2.99. The van der Waals surface area contributed by atoms with Crippen LogP contribution in [0.25, 0.3) is 22.4 Å². The lowest BCUT2D eigenvalue weighted by Crippen LogP contribution is -2.31. The first-order valence-corrected chi connectivity index (χ1v) is 8.86. The van der Waals surface area contributed by atoms with Crippen molar-refractivity contribution in [3.63, 3.8) is 0 Å². The van der Waals surface area contributed by atoms with E-state index in [-0.39, 0.29) is 5.91 Å². The summed E-state index contributed by atoms with van der Waals surface area (Å²) in [4.78, 5) is 19.3. The molecular weight excluding hydrogens is 310 g/mol. The first kappa shape index (κ1) is 17.2. The van der Waals surface area contributed by atoms with Gasteiger partial charge in [0.15, 0.2) is 0 Å². The van der Waals surface area contributed by atoms with Crippen LogP contribution < -0.4 is 0 Å². The number of amides is 1. The number of aryl methyl sites for hydroxylation is 1. The van der Waals surface area contributed by atoms with E-state index in [1.807, 2.05) is 40.8 Å². The fraction of sp³-hybridized carbons (Fsp3) is 0.333. The standard InChI is InChI=1S/C21H25N3O/c1-4-5-14-23(3)20(25)15-24-19-9-7-6-8-18(19)22-21(24)17-12-10-16(2)11-13-17/h6-13H,4-5,14-15H2,1-3H3. The molecular formula is C21H25N3O. The molecule has 0 fully saturated rings. The number of hydrogen-bond donors (Lipinski definition) is 0. The van der Waals surface area contributed by atoms with Crippen molar-refractivity contribution in [3.8, 4) is 11.4 Å². The van der Waals surface area contributed by atoms with E-state index in [0.717, 1.165) is 41.8 Å². The number of benzene rings is 2. The van der Waals surface area contributed by atoms with Gasteiger partial charge < -0.3 is 9.47 Å². The van der Waals surface area contributed by atoms with Crippen molar-refractivity contribution < 1.29 is 4.79 Å². The third-order valence-corrected chi connectivity index (χ3v) is 4.53. The van der Waals surface area contributed by atoms with Crippen LogP contribution in [0.3, 0.4) is 0 Å². The lowest BCUT2D eigenvalue weighted by molar-refractivity contribution is -0.130. The van der Waals surface area contributed by atoms with Crippen LogP contribution in [-0.2, 0) is 11.3 Å². The summed E-state index contributed by atoms with van der Waals surface area (Å²) < 4.78 is 2.03. The predicted molar refractivity (Wildman–Crippen MR) is 102 cm³/mol. The molecule has 1 amide bonds. The second-order valence-corrected chi connectivity index (χ2v) is 6.55. The lowest BCUT2D eigenvalue weighted by Gasteiger charge is -2.18. The zero-order chi connectivity index (χ0) is 17.8. The molecule has 0 saturated carbocycles. The number of carbonyl (C=O) groups excluding carboxylic acids is 1. The molecule has 4 heteroatoms. The van der Waals surface area contributed by atoms with E-state index in [9.17, 15) is 4.79 Å². The van der Waals surface area contributed by atoms with E-state index in [1.54, 1.807) is 0 Å². The van der Waals surface area contributed by atoms with Crippen molar-refractivity contribution in [2.24, 2.45) is 0 Å². The Hall–Kier alpha value is -2.62. The van der Waals surface area contributed by atoms with Crippen molar-refractivity contribution in [3.05, 3.63) is 54.1 Å². The fourth-order valence-corrected chi connectivity index (χ4v) is 2.93. The minimum atomic E-state index is 0.116. The maximum Gasteiger partial charge on any atom is 0.242 e. The van der Waals surface area contributed by atoms with Gasteiger partial charge in [-0.15, -0.1) is 0 Å². The number of fused-ring (bicyclic) bond motifs is 1. The number of para-hydroxylation sites is 2. The van der Waals surface area contributed by atoms with Gasteiger partial charge in [0, 0.05) is 19.2 Å². The maximum atomic E-state index is 12.7. The van der Waals surface area contributed by atoms with Gasteiger partial charge in [-0.3, -0.25) is 4.79 Å². The van der Waals surface area contributed by atoms with Gasteiger partial charge in [-0.05, 0) is 25.5 Å². The Morgan fingerprint density at radius 2 is 1.84 bits per heavy atom. The third-order valence-electron chi connectivity index (χ3n) is 4.53. The highest BCUT2D eigenvalue weighted by Crippen LogP contribution is 2.25. The van der Waals surface area contributed by atoms with Gasteiger partial charge in [0.2, 0.25) is 5.91 Å². The second kappa shape index (κ2) is 7.51. The number of carbonyl (C=O) groups is 1. The Bertz CT molecular complexity index is 864. The van der Waals surface area contributed by atoms with Gasteiger partial charge >= 0.3 is 0 Å². The van der Waals surface area contributed by atoms with E-state index < -0.39 is 0 Å². The van der Waals surface area contributed by atoms with Crippen molar-refractivity contribution in [1.29, 1.82) is 0 Å². The Balaban J connectivity index is 1.99.